The molecular weight excluding hydrogens is 282 g/mol. The molecule has 0 radical (unpaired) electrons. The number of aromatic amines is 1. The van der Waals surface area contributed by atoms with Crippen molar-refractivity contribution in [1.82, 2.24) is 19.7 Å². The standard InChI is InChI=1S/C15H11N5S/c16-9-11-4-6-12(7-5-11)10-20-14(18-19-15(20)21)13-3-1-2-8-17-13/h1-8H,10H2,(H,19,21). The lowest BCUT2D eigenvalue weighted by Crippen LogP contribution is -2.03. The van der Waals surface area contributed by atoms with Gasteiger partial charge in [0.25, 0.3) is 0 Å². The van der Waals surface area contributed by atoms with Gasteiger partial charge in [0.05, 0.1) is 18.2 Å². The Labute approximate surface area is 126 Å². The summed E-state index contributed by atoms with van der Waals surface area (Å²) >= 11 is 5.29. The first-order valence-corrected chi connectivity index (χ1v) is 6.74. The van der Waals surface area contributed by atoms with E-state index >= 15 is 0 Å². The van der Waals surface area contributed by atoms with Crippen LogP contribution in [0.1, 0.15) is 11.1 Å². The molecule has 0 spiro atoms. The Morgan fingerprint density at radius 2 is 2.00 bits per heavy atom. The van der Waals surface area contributed by atoms with Gasteiger partial charge in [-0.1, -0.05) is 18.2 Å². The van der Waals surface area contributed by atoms with Crippen molar-refractivity contribution in [1.29, 1.82) is 5.26 Å². The van der Waals surface area contributed by atoms with Crippen molar-refractivity contribution in [2.75, 3.05) is 0 Å². The van der Waals surface area contributed by atoms with Gasteiger partial charge in [-0.25, -0.2) is 0 Å². The Hall–Kier alpha value is -2.78. The Morgan fingerprint density at radius 3 is 2.67 bits per heavy atom. The van der Waals surface area contributed by atoms with E-state index in [1.807, 2.05) is 34.9 Å². The number of hydrogen-bond acceptors (Lipinski definition) is 4. The minimum atomic E-state index is 0.542. The zero-order valence-corrected chi connectivity index (χ0v) is 11.8. The summed E-state index contributed by atoms with van der Waals surface area (Å²) in [5.74, 6) is 0.699. The summed E-state index contributed by atoms with van der Waals surface area (Å²) in [5, 5.41) is 15.9. The monoisotopic (exact) mass is 293 g/mol. The molecule has 2 aromatic heterocycles. The Balaban J connectivity index is 1.97. The van der Waals surface area contributed by atoms with Crippen LogP contribution >= 0.6 is 12.2 Å². The molecule has 0 aliphatic heterocycles. The van der Waals surface area contributed by atoms with Crippen LogP contribution in [0.5, 0.6) is 0 Å². The molecule has 5 nitrogen and oxygen atoms in total. The molecule has 0 atom stereocenters. The van der Waals surface area contributed by atoms with Gasteiger partial charge in [0.2, 0.25) is 0 Å². The Morgan fingerprint density at radius 1 is 1.19 bits per heavy atom. The fourth-order valence-electron chi connectivity index (χ4n) is 2.02. The van der Waals surface area contributed by atoms with Crippen LogP contribution in [0.15, 0.2) is 48.7 Å². The molecule has 1 N–H and O–H groups in total. The van der Waals surface area contributed by atoms with E-state index in [-0.39, 0.29) is 0 Å². The molecule has 0 saturated carbocycles. The zero-order valence-electron chi connectivity index (χ0n) is 11.0. The molecule has 3 rings (SSSR count). The number of nitrogens with zero attached hydrogens (tertiary/aromatic N) is 4. The smallest absolute Gasteiger partial charge is 0.195 e. The van der Waals surface area contributed by atoms with E-state index in [0.29, 0.717) is 22.7 Å². The van der Waals surface area contributed by atoms with Crippen LogP contribution in [0, 0.1) is 16.1 Å². The van der Waals surface area contributed by atoms with Gasteiger partial charge < -0.3 is 0 Å². The molecule has 1 aromatic carbocycles. The first-order valence-electron chi connectivity index (χ1n) is 6.33. The van der Waals surface area contributed by atoms with E-state index in [1.54, 1.807) is 18.3 Å². The number of H-pyrrole nitrogens is 1. The average Bonchev–Trinajstić information content (AvgIpc) is 2.90. The predicted molar refractivity (Wildman–Crippen MR) is 80.9 cm³/mol. The van der Waals surface area contributed by atoms with Crippen molar-refractivity contribution in [2.24, 2.45) is 0 Å². The summed E-state index contributed by atoms with van der Waals surface area (Å²) in [7, 11) is 0. The van der Waals surface area contributed by atoms with E-state index in [1.165, 1.54) is 0 Å². The molecule has 2 heterocycles. The summed E-state index contributed by atoms with van der Waals surface area (Å²) in [4.78, 5) is 4.30. The molecule has 102 valence electrons. The molecule has 0 unspecified atom stereocenters. The molecule has 0 saturated heterocycles. The number of hydrogen-bond donors (Lipinski definition) is 1. The van der Waals surface area contributed by atoms with Crippen LogP contribution in [-0.4, -0.2) is 19.7 Å². The van der Waals surface area contributed by atoms with Gasteiger partial charge in [-0.05, 0) is 42.0 Å². The van der Waals surface area contributed by atoms with Crippen molar-refractivity contribution < 1.29 is 0 Å². The number of rotatable bonds is 3. The molecule has 0 amide bonds. The van der Waals surface area contributed by atoms with Gasteiger partial charge >= 0.3 is 0 Å². The van der Waals surface area contributed by atoms with Crippen molar-refractivity contribution in [3.8, 4) is 17.6 Å². The van der Waals surface area contributed by atoms with Gasteiger partial charge in [-0.3, -0.25) is 14.6 Å². The molecule has 0 bridgehead atoms. The molecule has 0 fully saturated rings. The van der Waals surface area contributed by atoms with Gasteiger partial charge in [0.15, 0.2) is 10.6 Å². The van der Waals surface area contributed by atoms with E-state index in [4.69, 9.17) is 17.5 Å². The third kappa shape index (κ3) is 2.73. The molecule has 0 aliphatic carbocycles. The normalized spacial score (nSPS) is 10.2. The lowest BCUT2D eigenvalue weighted by atomic mass is 10.1. The summed E-state index contributed by atoms with van der Waals surface area (Å²) in [5.41, 5.74) is 2.45. The van der Waals surface area contributed by atoms with Crippen molar-refractivity contribution >= 4 is 12.2 Å². The van der Waals surface area contributed by atoms with Gasteiger partial charge in [-0.2, -0.15) is 10.4 Å². The van der Waals surface area contributed by atoms with Crippen LogP contribution < -0.4 is 0 Å². The quantitative estimate of drug-likeness (QED) is 0.754. The highest BCUT2D eigenvalue weighted by molar-refractivity contribution is 7.71. The highest BCUT2D eigenvalue weighted by Crippen LogP contribution is 2.16. The van der Waals surface area contributed by atoms with E-state index in [2.05, 4.69) is 21.3 Å². The van der Waals surface area contributed by atoms with Crippen LogP contribution in [0.2, 0.25) is 0 Å². The van der Waals surface area contributed by atoms with Crippen molar-refractivity contribution in [3.63, 3.8) is 0 Å². The molecule has 3 aromatic rings. The second-order valence-corrected chi connectivity index (χ2v) is 4.85. The van der Waals surface area contributed by atoms with Gasteiger partial charge in [0, 0.05) is 6.20 Å². The first kappa shape index (κ1) is 13.2. The fourth-order valence-corrected chi connectivity index (χ4v) is 2.22. The molecule has 0 aliphatic rings. The number of nitrogens with one attached hydrogen (secondary N) is 1. The Kier molecular flexibility index (Phi) is 3.58. The second kappa shape index (κ2) is 5.69. The Bertz CT molecular complexity index is 840. The van der Waals surface area contributed by atoms with Crippen molar-refractivity contribution in [3.05, 3.63) is 64.6 Å². The van der Waals surface area contributed by atoms with E-state index in [0.717, 1.165) is 11.3 Å². The number of aromatic nitrogens is 4. The second-order valence-electron chi connectivity index (χ2n) is 4.46. The number of pyridine rings is 1. The first-order chi connectivity index (χ1) is 10.3. The van der Waals surface area contributed by atoms with E-state index in [9.17, 15) is 0 Å². The average molecular weight is 293 g/mol. The molecule has 21 heavy (non-hydrogen) atoms. The number of benzene rings is 1. The molecular formula is C15H11N5S. The fraction of sp³-hybridized carbons (Fsp3) is 0.0667. The third-order valence-electron chi connectivity index (χ3n) is 3.08. The zero-order chi connectivity index (χ0) is 14.7. The van der Waals surface area contributed by atoms with Crippen molar-refractivity contribution in [2.45, 2.75) is 6.54 Å². The predicted octanol–water partition coefficient (Wildman–Crippen LogP) is 2.92. The van der Waals surface area contributed by atoms with Crippen LogP contribution in [0.3, 0.4) is 0 Å². The van der Waals surface area contributed by atoms with E-state index < -0.39 is 0 Å². The summed E-state index contributed by atoms with van der Waals surface area (Å²) < 4.78 is 2.43. The maximum absolute atomic E-state index is 8.83. The lowest BCUT2D eigenvalue weighted by Gasteiger charge is -2.06. The summed E-state index contributed by atoms with van der Waals surface area (Å²) in [6, 6.07) is 15.2. The highest BCUT2D eigenvalue weighted by Gasteiger charge is 2.10. The minimum Gasteiger partial charge on any atom is -0.294 e. The van der Waals surface area contributed by atoms with Crippen LogP contribution in [0.4, 0.5) is 0 Å². The summed E-state index contributed by atoms with van der Waals surface area (Å²) in [6.07, 6.45) is 1.72. The topological polar surface area (TPSA) is 70.3 Å². The maximum atomic E-state index is 8.83. The third-order valence-corrected chi connectivity index (χ3v) is 3.39. The highest BCUT2D eigenvalue weighted by atomic mass is 32.1. The SMILES string of the molecule is N#Cc1ccc(Cn2c(-c3ccccn3)n[nH]c2=S)cc1. The van der Waals surface area contributed by atoms with Gasteiger partial charge in [-0.15, -0.1) is 0 Å². The minimum absolute atomic E-state index is 0.542. The van der Waals surface area contributed by atoms with Crippen LogP contribution in [-0.2, 0) is 6.54 Å². The summed E-state index contributed by atoms with van der Waals surface area (Å²) in [6.45, 7) is 0.576. The number of nitriles is 1. The van der Waals surface area contributed by atoms with Gasteiger partial charge in [0.1, 0.15) is 5.69 Å². The van der Waals surface area contributed by atoms with Crippen LogP contribution in [0.25, 0.3) is 11.5 Å². The largest absolute Gasteiger partial charge is 0.294 e. The molecule has 6 heteroatoms. The maximum Gasteiger partial charge on any atom is 0.195 e. The lowest BCUT2D eigenvalue weighted by molar-refractivity contribution is 0.788.